The van der Waals surface area contributed by atoms with Crippen molar-refractivity contribution >= 4 is 16.9 Å². The number of aromatic nitrogens is 3. The Morgan fingerprint density at radius 1 is 1.33 bits per heavy atom. The molecule has 110 valence electrons. The van der Waals surface area contributed by atoms with Crippen LogP contribution in [-0.2, 0) is 0 Å². The van der Waals surface area contributed by atoms with Crippen molar-refractivity contribution in [2.45, 2.75) is 18.9 Å². The van der Waals surface area contributed by atoms with Gasteiger partial charge in [-0.25, -0.2) is 9.78 Å². The Balaban J connectivity index is 1.88. The van der Waals surface area contributed by atoms with E-state index in [1.54, 1.807) is 0 Å². The quantitative estimate of drug-likeness (QED) is 0.571. The number of amides is 1. The highest BCUT2D eigenvalue weighted by atomic mass is 16.2. The van der Waals surface area contributed by atoms with E-state index in [9.17, 15) is 14.4 Å². The van der Waals surface area contributed by atoms with Gasteiger partial charge in [0, 0.05) is 18.8 Å². The Morgan fingerprint density at radius 2 is 2.19 bits per heavy atom. The SMILES string of the molecule is O=C(N[C@H]1CCCNC1)c1cnc2[nH]c(=O)[nH]c(=O)c2c1. The smallest absolute Gasteiger partial charge is 0.327 e. The first-order valence-electron chi connectivity index (χ1n) is 6.77. The second-order valence-electron chi connectivity index (χ2n) is 5.05. The van der Waals surface area contributed by atoms with Gasteiger partial charge >= 0.3 is 5.69 Å². The van der Waals surface area contributed by atoms with Crippen LogP contribution in [0.5, 0.6) is 0 Å². The summed E-state index contributed by atoms with van der Waals surface area (Å²) in [6, 6.07) is 1.51. The second-order valence-corrected chi connectivity index (χ2v) is 5.05. The monoisotopic (exact) mass is 289 g/mol. The number of piperidine rings is 1. The third kappa shape index (κ3) is 2.84. The number of rotatable bonds is 2. The topological polar surface area (TPSA) is 120 Å². The first-order chi connectivity index (χ1) is 10.1. The minimum atomic E-state index is -0.620. The van der Waals surface area contributed by atoms with Gasteiger partial charge in [0.2, 0.25) is 0 Å². The maximum Gasteiger partial charge on any atom is 0.327 e. The molecule has 1 saturated heterocycles. The van der Waals surface area contributed by atoms with Crippen LogP contribution in [0.15, 0.2) is 21.9 Å². The van der Waals surface area contributed by atoms with Gasteiger partial charge in [-0.15, -0.1) is 0 Å². The van der Waals surface area contributed by atoms with Crippen LogP contribution in [0.4, 0.5) is 0 Å². The number of H-pyrrole nitrogens is 2. The molecule has 8 nitrogen and oxygen atoms in total. The van der Waals surface area contributed by atoms with Gasteiger partial charge in [0.1, 0.15) is 5.65 Å². The number of carbonyl (C=O) groups is 1. The lowest BCUT2D eigenvalue weighted by Gasteiger charge is -2.23. The number of carbonyl (C=O) groups excluding carboxylic acids is 1. The molecule has 1 fully saturated rings. The molecule has 1 amide bonds. The van der Waals surface area contributed by atoms with Crippen LogP contribution >= 0.6 is 0 Å². The molecule has 0 saturated carbocycles. The molecule has 3 heterocycles. The minimum absolute atomic E-state index is 0.0795. The lowest BCUT2D eigenvalue weighted by Crippen LogP contribution is -2.45. The molecule has 8 heteroatoms. The Labute approximate surface area is 119 Å². The number of fused-ring (bicyclic) bond motifs is 1. The molecule has 21 heavy (non-hydrogen) atoms. The van der Waals surface area contributed by atoms with Gasteiger partial charge in [0.05, 0.1) is 10.9 Å². The van der Waals surface area contributed by atoms with E-state index >= 15 is 0 Å². The summed E-state index contributed by atoms with van der Waals surface area (Å²) in [5.41, 5.74) is -0.717. The zero-order valence-corrected chi connectivity index (χ0v) is 11.2. The number of nitrogens with zero attached hydrogens (tertiary/aromatic N) is 1. The molecule has 4 N–H and O–H groups in total. The van der Waals surface area contributed by atoms with E-state index in [4.69, 9.17) is 0 Å². The van der Waals surface area contributed by atoms with Gasteiger partial charge in [0.15, 0.2) is 0 Å². The number of pyridine rings is 1. The molecule has 2 aromatic rings. The highest BCUT2D eigenvalue weighted by Gasteiger charge is 2.17. The summed E-state index contributed by atoms with van der Waals surface area (Å²) in [5, 5.41) is 6.30. The van der Waals surface area contributed by atoms with Crippen molar-refractivity contribution in [2.75, 3.05) is 13.1 Å². The standard InChI is InChI=1S/C13H15N5O3/c19-11(16-8-2-1-3-14-6-8)7-4-9-10(15-5-7)17-13(21)18-12(9)20/h4-5,8,14H,1-3,6H2,(H,16,19)(H2,15,17,18,20,21)/t8-/m0/s1. The number of hydrogen-bond acceptors (Lipinski definition) is 5. The predicted molar refractivity (Wildman–Crippen MR) is 76.3 cm³/mol. The minimum Gasteiger partial charge on any atom is -0.348 e. The zero-order valence-electron chi connectivity index (χ0n) is 11.2. The number of aromatic amines is 2. The van der Waals surface area contributed by atoms with E-state index in [1.165, 1.54) is 12.3 Å². The molecular weight excluding hydrogens is 274 g/mol. The van der Waals surface area contributed by atoms with Crippen LogP contribution in [0.3, 0.4) is 0 Å². The molecule has 0 aliphatic carbocycles. The lowest BCUT2D eigenvalue weighted by molar-refractivity contribution is 0.0930. The maximum absolute atomic E-state index is 12.2. The van der Waals surface area contributed by atoms with Gasteiger partial charge < -0.3 is 10.6 Å². The average molecular weight is 289 g/mol. The first kappa shape index (κ1) is 13.5. The molecule has 0 aromatic carbocycles. The molecule has 0 bridgehead atoms. The van der Waals surface area contributed by atoms with Gasteiger partial charge in [-0.3, -0.25) is 19.6 Å². The van der Waals surface area contributed by atoms with E-state index in [1.807, 2.05) is 0 Å². The lowest BCUT2D eigenvalue weighted by atomic mass is 10.1. The summed E-state index contributed by atoms with van der Waals surface area (Å²) in [5.74, 6) is -0.274. The summed E-state index contributed by atoms with van der Waals surface area (Å²) >= 11 is 0. The Bertz CT molecular complexity index is 788. The summed E-state index contributed by atoms with van der Waals surface area (Å²) in [6.07, 6.45) is 3.29. The summed E-state index contributed by atoms with van der Waals surface area (Å²) in [6.45, 7) is 1.70. The fraction of sp³-hybridized carbons (Fsp3) is 0.385. The van der Waals surface area contributed by atoms with E-state index in [2.05, 4.69) is 25.6 Å². The number of hydrogen-bond donors (Lipinski definition) is 4. The van der Waals surface area contributed by atoms with Crippen LogP contribution in [0, 0.1) is 0 Å². The van der Waals surface area contributed by atoms with Crippen LogP contribution in [-0.4, -0.2) is 40.0 Å². The van der Waals surface area contributed by atoms with E-state index < -0.39 is 11.2 Å². The van der Waals surface area contributed by atoms with E-state index in [-0.39, 0.29) is 23.0 Å². The van der Waals surface area contributed by atoms with Crippen LogP contribution in [0.1, 0.15) is 23.2 Å². The van der Waals surface area contributed by atoms with Crippen molar-refractivity contribution in [1.82, 2.24) is 25.6 Å². The Hall–Kier alpha value is -2.48. The largest absolute Gasteiger partial charge is 0.348 e. The van der Waals surface area contributed by atoms with Crippen LogP contribution in [0.25, 0.3) is 11.0 Å². The van der Waals surface area contributed by atoms with Gasteiger partial charge in [-0.2, -0.15) is 0 Å². The normalized spacial score (nSPS) is 18.6. The molecule has 1 aliphatic rings. The van der Waals surface area contributed by atoms with Gasteiger partial charge in [-0.05, 0) is 25.5 Å². The van der Waals surface area contributed by atoms with Crippen molar-refractivity contribution in [3.63, 3.8) is 0 Å². The fourth-order valence-corrected chi connectivity index (χ4v) is 2.41. The van der Waals surface area contributed by atoms with Crippen molar-refractivity contribution in [3.05, 3.63) is 38.7 Å². The van der Waals surface area contributed by atoms with Crippen molar-refractivity contribution < 1.29 is 4.79 Å². The molecule has 1 aliphatic heterocycles. The number of nitrogens with one attached hydrogen (secondary N) is 4. The summed E-state index contributed by atoms with van der Waals surface area (Å²) in [4.78, 5) is 43.5. The van der Waals surface area contributed by atoms with Crippen molar-refractivity contribution in [3.8, 4) is 0 Å². The molecule has 1 atom stereocenters. The molecular formula is C13H15N5O3. The van der Waals surface area contributed by atoms with Gasteiger partial charge in [-0.1, -0.05) is 0 Å². The predicted octanol–water partition coefficient (Wildman–Crippen LogP) is -0.907. The van der Waals surface area contributed by atoms with Crippen LogP contribution in [0.2, 0.25) is 0 Å². The summed E-state index contributed by atoms with van der Waals surface area (Å²) < 4.78 is 0. The maximum atomic E-state index is 12.2. The zero-order chi connectivity index (χ0) is 14.8. The third-order valence-corrected chi connectivity index (χ3v) is 3.49. The molecule has 0 unspecified atom stereocenters. The molecule has 2 aromatic heterocycles. The third-order valence-electron chi connectivity index (χ3n) is 3.49. The Kier molecular flexibility index (Phi) is 3.53. The second kappa shape index (κ2) is 5.49. The van der Waals surface area contributed by atoms with E-state index in [0.29, 0.717) is 5.56 Å². The molecule has 0 radical (unpaired) electrons. The Morgan fingerprint density at radius 3 is 2.95 bits per heavy atom. The van der Waals surface area contributed by atoms with E-state index in [0.717, 1.165) is 25.9 Å². The average Bonchev–Trinajstić information content (AvgIpc) is 2.47. The van der Waals surface area contributed by atoms with Crippen LogP contribution < -0.4 is 21.9 Å². The summed E-state index contributed by atoms with van der Waals surface area (Å²) in [7, 11) is 0. The van der Waals surface area contributed by atoms with Crippen molar-refractivity contribution in [2.24, 2.45) is 0 Å². The van der Waals surface area contributed by atoms with Gasteiger partial charge in [0.25, 0.3) is 11.5 Å². The van der Waals surface area contributed by atoms with Crippen molar-refractivity contribution in [1.29, 1.82) is 0 Å². The first-order valence-corrected chi connectivity index (χ1v) is 6.77. The highest BCUT2D eigenvalue weighted by molar-refractivity contribution is 5.96. The fourth-order valence-electron chi connectivity index (χ4n) is 2.41. The molecule has 0 spiro atoms. The molecule has 3 rings (SSSR count). The highest BCUT2D eigenvalue weighted by Crippen LogP contribution is 2.07.